The molecule has 1 rings (SSSR count). The van der Waals surface area contributed by atoms with Crippen LogP contribution in [0, 0.1) is 11.6 Å². The maximum absolute atomic E-state index is 13.4. The lowest BCUT2D eigenvalue weighted by atomic mass is 10.1. The third kappa shape index (κ3) is 6.98. The Bertz CT molecular complexity index is 418. The summed E-state index contributed by atoms with van der Waals surface area (Å²) in [4.78, 5) is 12.0. The van der Waals surface area contributed by atoms with Crippen LogP contribution in [0.2, 0.25) is 0 Å². The first-order valence-corrected chi connectivity index (χ1v) is 8.04. The summed E-state index contributed by atoms with van der Waals surface area (Å²) in [5.41, 5.74) is -0.105. The third-order valence-electron chi connectivity index (χ3n) is 3.04. The summed E-state index contributed by atoms with van der Waals surface area (Å²) in [5, 5.41) is 5.73. The average molecular weight is 314 g/mol. The van der Waals surface area contributed by atoms with Gasteiger partial charge in [-0.15, -0.1) is 0 Å². The SMILES string of the molecule is CC.CCCNC(CCC)C(=O)NCc1c(F)cccc1F. The van der Waals surface area contributed by atoms with Gasteiger partial charge in [0.15, 0.2) is 0 Å². The highest BCUT2D eigenvalue weighted by Crippen LogP contribution is 2.11. The van der Waals surface area contributed by atoms with Crippen molar-refractivity contribution in [3.63, 3.8) is 0 Å². The summed E-state index contributed by atoms with van der Waals surface area (Å²) in [5.74, 6) is -1.50. The minimum absolute atomic E-state index is 0.105. The molecule has 5 heteroatoms. The Morgan fingerprint density at radius 2 is 1.73 bits per heavy atom. The molecule has 0 aromatic heterocycles. The number of rotatable bonds is 8. The first kappa shape index (κ1) is 20.5. The highest BCUT2D eigenvalue weighted by atomic mass is 19.1. The fourth-order valence-corrected chi connectivity index (χ4v) is 1.93. The number of hydrogen-bond donors (Lipinski definition) is 2. The highest BCUT2D eigenvalue weighted by molar-refractivity contribution is 5.81. The first-order chi connectivity index (χ1) is 10.6. The Morgan fingerprint density at radius 1 is 1.14 bits per heavy atom. The van der Waals surface area contributed by atoms with Crippen molar-refractivity contribution in [1.82, 2.24) is 10.6 Å². The summed E-state index contributed by atoms with van der Waals surface area (Å²) in [7, 11) is 0. The van der Waals surface area contributed by atoms with Gasteiger partial charge in [-0.1, -0.05) is 40.2 Å². The van der Waals surface area contributed by atoms with Gasteiger partial charge in [-0.2, -0.15) is 0 Å². The van der Waals surface area contributed by atoms with Crippen LogP contribution in [0.5, 0.6) is 0 Å². The molecule has 0 bridgehead atoms. The molecule has 1 amide bonds. The first-order valence-electron chi connectivity index (χ1n) is 8.04. The lowest BCUT2D eigenvalue weighted by Gasteiger charge is -2.17. The van der Waals surface area contributed by atoms with Crippen molar-refractivity contribution in [2.24, 2.45) is 0 Å². The van der Waals surface area contributed by atoms with E-state index in [1.807, 2.05) is 27.7 Å². The zero-order valence-electron chi connectivity index (χ0n) is 14.0. The molecular weight excluding hydrogens is 286 g/mol. The summed E-state index contributed by atoms with van der Waals surface area (Å²) < 4.78 is 26.9. The predicted octanol–water partition coefficient (Wildman–Crippen LogP) is 3.78. The molecule has 3 nitrogen and oxygen atoms in total. The molecule has 1 aromatic rings. The Hall–Kier alpha value is -1.49. The smallest absolute Gasteiger partial charge is 0.237 e. The van der Waals surface area contributed by atoms with Crippen molar-refractivity contribution < 1.29 is 13.6 Å². The Labute approximate surface area is 132 Å². The van der Waals surface area contributed by atoms with Crippen LogP contribution in [-0.4, -0.2) is 18.5 Å². The number of nitrogens with one attached hydrogen (secondary N) is 2. The monoisotopic (exact) mass is 314 g/mol. The molecule has 1 unspecified atom stereocenters. The molecule has 126 valence electrons. The molecule has 0 saturated carbocycles. The molecule has 0 aliphatic rings. The zero-order chi connectivity index (χ0) is 17.0. The van der Waals surface area contributed by atoms with Gasteiger partial charge in [-0.25, -0.2) is 8.78 Å². The molecule has 0 saturated heterocycles. The van der Waals surface area contributed by atoms with Gasteiger partial charge in [0.25, 0.3) is 0 Å². The lowest BCUT2D eigenvalue weighted by molar-refractivity contribution is -0.123. The molecule has 0 heterocycles. The van der Waals surface area contributed by atoms with E-state index in [0.717, 1.165) is 19.4 Å². The van der Waals surface area contributed by atoms with Gasteiger partial charge in [-0.05, 0) is 31.5 Å². The van der Waals surface area contributed by atoms with E-state index >= 15 is 0 Å². The minimum Gasteiger partial charge on any atom is -0.350 e. The molecule has 1 aromatic carbocycles. The molecule has 0 aliphatic carbocycles. The van der Waals surface area contributed by atoms with Crippen molar-refractivity contribution >= 4 is 5.91 Å². The number of amides is 1. The van der Waals surface area contributed by atoms with Crippen LogP contribution < -0.4 is 10.6 Å². The third-order valence-corrected chi connectivity index (χ3v) is 3.04. The second kappa shape index (κ2) is 12.1. The number of carbonyl (C=O) groups excluding carboxylic acids is 1. The molecule has 0 aliphatic heterocycles. The summed E-state index contributed by atoms with van der Waals surface area (Å²) >= 11 is 0. The van der Waals surface area contributed by atoms with Gasteiger partial charge >= 0.3 is 0 Å². The van der Waals surface area contributed by atoms with Crippen LogP contribution in [0.3, 0.4) is 0 Å². The topological polar surface area (TPSA) is 41.1 Å². The van der Waals surface area contributed by atoms with Gasteiger partial charge in [0, 0.05) is 12.1 Å². The molecule has 22 heavy (non-hydrogen) atoms. The lowest BCUT2D eigenvalue weighted by Crippen LogP contribution is -2.44. The van der Waals surface area contributed by atoms with Crippen LogP contribution in [0.25, 0.3) is 0 Å². The second-order valence-electron chi connectivity index (χ2n) is 4.71. The van der Waals surface area contributed by atoms with Gasteiger partial charge in [0.2, 0.25) is 5.91 Å². The second-order valence-corrected chi connectivity index (χ2v) is 4.71. The van der Waals surface area contributed by atoms with Crippen LogP contribution in [0.4, 0.5) is 8.78 Å². The fourth-order valence-electron chi connectivity index (χ4n) is 1.93. The van der Waals surface area contributed by atoms with E-state index in [4.69, 9.17) is 0 Å². The van der Waals surface area contributed by atoms with Gasteiger partial charge in [0.1, 0.15) is 11.6 Å². The van der Waals surface area contributed by atoms with Crippen molar-refractivity contribution in [3.05, 3.63) is 35.4 Å². The quantitative estimate of drug-likeness (QED) is 0.767. The van der Waals surface area contributed by atoms with Crippen LogP contribution in [0.15, 0.2) is 18.2 Å². The molecule has 0 fully saturated rings. The zero-order valence-corrected chi connectivity index (χ0v) is 14.0. The minimum atomic E-state index is -0.640. The Kier molecular flexibility index (Phi) is 11.3. The van der Waals surface area contributed by atoms with Crippen LogP contribution in [-0.2, 0) is 11.3 Å². The maximum Gasteiger partial charge on any atom is 0.237 e. The van der Waals surface area contributed by atoms with Crippen molar-refractivity contribution in [1.29, 1.82) is 0 Å². The highest BCUT2D eigenvalue weighted by Gasteiger charge is 2.17. The van der Waals surface area contributed by atoms with Crippen LogP contribution >= 0.6 is 0 Å². The average Bonchev–Trinajstić information content (AvgIpc) is 2.52. The fraction of sp³-hybridized carbons (Fsp3) is 0.588. The van der Waals surface area contributed by atoms with E-state index in [1.54, 1.807) is 0 Å². The summed E-state index contributed by atoms with van der Waals surface area (Å²) in [6.45, 7) is 8.62. The number of halogens is 2. The van der Waals surface area contributed by atoms with Gasteiger partial charge in [0.05, 0.1) is 6.04 Å². The standard InChI is InChI=1S/C15H22F2N2O.C2H6/c1-3-6-14(18-9-4-2)15(20)19-10-11-12(16)7-5-8-13(11)17;1-2/h5,7-8,14,18H,3-4,6,9-10H2,1-2H3,(H,19,20);1-2H3. The van der Waals surface area contributed by atoms with E-state index in [1.165, 1.54) is 18.2 Å². The summed E-state index contributed by atoms with van der Waals surface area (Å²) in [6, 6.07) is 3.36. The van der Waals surface area contributed by atoms with Gasteiger partial charge in [-0.3, -0.25) is 4.79 Å². The number of hydrogen-bond acceptors (Lipinski definition) is 2. The normalized spacial score (nSPS) is 11.4. The Balaban J connectivity index is 0.00000211. The van der Waals surface area contributed by atoms with E-state index in [2.05, 4.69) is 10.6 Å². The molecule has 2 N–H and O–H groups in total. The van der Waals surface area contributed by atoms with Crippen molar-refractivity contribution in [2.75, 3.05) is 6.54 Å². The van der Waals surface area contributed by atoms with Crippen molar-refractivity contribution in [2.45, 2.75) is 59.5 Å². The van der Waals surface area contributed by atoms with E-state index < -0.39 is 11.6 Å². The Morgan fingerprint density at radius 3 is 2.23 bits per heavy atom. The van der Waals surface area contributed by atoms with Gasteiger partial charge < -0.3 is 10.6 Å². The predicted molar refractivity (Wildman–Crippen MR) is 86.5 cm³/mol. The molecule has 0 radical (unpaired) electrons. The van der Waals surface area contributed by atoms with E-state index in [0.29, 0.717) is 6.42 Å². The largest absolute Gasteiger partial charge is 0.350 e. The van der Waals surface area contributed by atoms with Crippen molar-refractivity contribution in [3.8, 4) is 0 Å². The number of benzene rings is 1. The van der Waals surface area contributed by atoms with E-state index in [-0.39, 0.29) is 24.1 Å². The van der Waals surface area contributed by atoms with Crippen LogP contribution in [0.1, 0.15) is 52.5 Å². The summed E-state index contributed by atoms with van der Waals surface area (Å²) in [6.07, 6.45) is 2.49. The molecule has 1 atom stereocenters. The number of carbonyl (C=O) groups is 1. The molecular formula is C17H28F2N2O. The maximum atomic E-state index is 13.4. The van der Waals surface area contributed by atoms with E-state index in [9.17, 15) is 13.6 Å². The molecule has 0 spiro atoms.